The molecular formula is C24H34INO4Si. The van der Waals surface area contributed by atoms with Gasteiger partial charge in [-0.05, 0) is 53.1 Å². The highest BCUT2D eigenvalue weighted by Crippen LogP contribution is 2.38. The minimum atomic E-state index is -1.93. The maximum absolute atomic E-state index is 12.8. The Balaban J connectivity index is 2.03. The summed E-state index contributed by atoms with van der Waals surface area (Å²) in [6, 6.07) is 9.54. The van der Waals surface area contributed by atoms with Gasteiger partial charge in [0.15, 0.2) is 8.32 Å². The molecule has 1 aromatic rings. The standard InChI is InChI=1S/C24H34INO4Si/c1-24(2,3)31(4,5)30-21(14-10-16-25)13-9-15-22(27)26-20(18-29-23(26)28)17-19-11-7-6-8-12-19/h6-12,15-16,20-21H,13-14,17-18H2,1-5H3/b15-9+,16-10+/t20-,21+/m0/s1. The Labute approximate surface area is 201 Å². The molecule has 7 heteroatoms. The van der Waals surface area contributed by atoms with E-state index >= 15 is 0 Å². The van der Waals surface area contributed by atoms with Crippen LogP contribution in [0, 0.1) is 0 Å². The Morgan fingerprint density at radius 1 is 1.26 bits per heavy atom. The first-order chi connectivity index (χ1) is 14.5. The van der Waals surface area contributed by atoms with E-state index in [2.05, 4.69) is 62.5 Å². The molecule has 1 fully saturated rings. The lowest BCUT2D eigenvalue weighted by Gasteiger charge is -2.39. The first kappa shape index (κ1) is 25.8. The highest BCUT2D eigenvalue weighted by molar-refractivity contribution is 14.1. The lowest BCUT2D eigenvalue weighted by molar-refractivity contribution is -0.124. The van der Waals surface area contributed by atoms with E-state index in [1.54, 1.807) is 0 Å². The van der Waals surface area contributed by atoms with Gasteiger partial charge in [-0.2, -0.15) is 0 Å². The summed E-state index contributed by atoms with van der Waals surface area (Å²) in [4.78, 5) is 26.2. The third kappa shape index (κ3) is 7.57. The van der Waals surface area contributed by atoms with Crippen LogP contribution in [0.25, 0.3) is 0 Å². The maximum Gasteiger partial charge on any atom is 0.417 e. The van der Waals surface area contributed by atoms with Crippen molar-refractivity contribution in [3.05, 3.63) is 58.2 Å². The molecule has 0 unspecified atom stereocenters. The van der Waals surface area contributed by atoms with Crippen molar-refractivity contribution in [1.29, 1.82) is 0 Å². The van der Waals surface area contributed by atoms with E-state index in [-0.39, 0.29) is 29.7 Å². The average Bonchev–Trinajstić information content (AvgIpc) is 3.05. The number of imide groups is 1. The molecule has 0 saturated carbocycles. The number of hydrogen-bond acceptors (Lipinski definition) is 4. The van der Waals surface area contributed by atoms with Gasteiger partial charge in [-0.1, -0.05) is 85.8 Å². The number of halogens is 1. The van der Waals surface area contributed by atoms with Crippen LogP contribution >= 0.6 is 22.6 Å². The predicted molar refractivity (Wildman–Crippen MR) is 136 cm³/mol. The highest BCUT2D eigenvalue weighted by Gasteiger charge is 2.39. The molecule has 0 bridgehead atoms. The first-order valence-electron chi connectivity index (χ1n) is 10.7. The fourth-order valence-corrected chi connectivity index (χ4v) is 4.83. The Bertz CT molecular complexity index is 802. The van der Waals surface area contributed by atoms with E-state index in [0.717, 1.165) is 12.0 Å². The molecule has 2 atom stereocenters. The summed E-state index contributed by atoms with van der Waals surface area (Å²) in [6.45, 7) is 11.3. The quantitative estimate of drug-likeness (QED) is 0.205. The number of rotatable bonds is 9. The first-order valence-corrected chi connectivity index (χ1v) is 14.8. The maximum atomic E-state index is 12.8. The van der Waals surface area contributed by atoms with Gasteiger partial charge in [-0.3, -0.25) is 4.79 Å². The fraction of sp³-hybridized carbons (Fsp3) is 0.500. The molecule has 0 aromatic heterocycles. The zero-order valence-electron chi connectivity index (χ0n) is 19.1. The molecule has 0 N–H and O–H groups in total. The SMILES string of the molecule is CC(C)(C)[Si](C)(C)O[C@@H](C/C=C/I)C/C=C/C(=O)N1C(=O)OC[C@@H]1Cc1ccccc1. The van der Waals surface area contributed by atoms with E-state index in [9.17, 15) is 9.59 Å². The summed E-state index contributed by atoms with van der Waals surface area (Å²) in [5.74, 6) is -0.334. The summed E-state index contributed by atoms with van der Waals surface area (Å²) >= 11 is 2.21. The van der Waals surface area contributed by atoms with Crippen LogP contribution in [0.5, 0.6) is 0 Å². The molecule has 2 amide bonds. The average molecular weight is 556 g/mol. The minimum absolute atomic E-state index is 0.00148. The Morgan fingerprint density at radius 3 is 2.52 bits per heavy atom. The second kappa shape index (κ2) is 11.4. The fourth-order valence-electron chi connectivity index (χ4n) is 3.16. The summed E-state index contributed by atoms with van der Waals surface area (Å²) in [5.41, 5.74) is 1.07. The molecule has 2 rings (SSSR count). The molecule has 1 heterocycles. The molecule has 0 radical (unpaired) electrons. The molecule has 31 heavy (non-hydrogen) atoms. The molecular weight excluding hydrogens is 521 g/mol. The van der Waals surface area contributed by atoms with Gasteiger partial charge >= 0.3 is 6.09 Å². The predicted octanol–water partition coefficient (Wildman–Crippen LogP) is 6.25. The number of nitrogens with zero attached hydrogens (tertiary/aromatic N) is 1. The van der Waals surface area contributed by atoms with Crippen molar-refractivity contribution in [3.8, 4) is 0 Å². The van der Waals surface area contributed by atoms with E-state index in [1.807, 2.05) is 40.5 Å². The van der Waals surface area contributed by atoms with Gasteiger partial charge in [0.2, 0.25) is 0 Å². The number of cyclic esters (lactones) is 1. The third-order valence-corrected chi connectivity index (χ3v) is 11.0. The number of hydrogen-bond donors (Lipinski definition) is 0. The van der Waals surface area contributed by atoms with Crippen LogP contribution in [0.1, 0.15) is 39.2 Å². The van der Waals surface area contributed by atoms with Gasteiger partial charge in [0.1, 0.15) is 6.61 Å². The third-order valence-electron chi connectivity index (χ3n) is 5.93. The summed E-state index contributed by atoms with van der Waals surface area (Å²) < 4.78 is 13.7. The van der Waals surface area contributed by atoms with Gasteiger partial charge in [0.05, 0.1) is 12.1 Å². The van der Waals surface area contributed by atoms with Crippen LogP contribution in [0.2, 0.25) is 18.1 Å². The molecule has 0 aliphatic carbocycles. The molecule has 1 saturated heterocycles. The lowest BCUT2D eigenvalue weighted by atomic mass is 10.1. The Kier molecular flexibility index (Phi) is 9.51. The zero-order chi connectivity index (χ0) is 23.1. The van der Waals surface area contributed by atoms with Gasteiger partial charge in [-0.15, -0.1) is 0 Å². The van der Waals surface area contributed by atoms with Crippen LogP contribution in [-0.2, 0) is 20.4 Å². The molecule has 1 aliphatic heterocycles. The summed E-state index contributed by atoms with van der Waals surface area (Å²) in [6.07, 6.45) is 6.82. The van der Waals surface area contributed by atoms with E-state index in [0.29, 0.717) is 12.8 Å². The monoisotopic (exact) mass is 555 g/mol. The molecule has 0 spiro atoms. The van der Waals surface area contributed by atoms with Crippen LogP contribution in [0.4, 0.5) is 4.79 Å². The van der Waals surface area contributed by atoms with Gasteiger partial charge in [0, 0.05) is 0 Å². The normalized spacial score (nSPS) is 18.7. The number of carbonyl (C=O) groups excluding carboxylic acids is 2. The van der Waals surface area contributed by atoms with E-state index in [4.69, 9.17) is 9.16 Å². The van der Waals surface area contributed by atoms with Crippen molar-refractivity contribution >= 4 is 42.9 Å². The Morgan fingerprint density at radius 2 is 1.90 bits per heavy atom. The summed E-state index contributed by atoms with van der Waals surface area (Å²) in [7, 11) is -1.93. The van der Waals surface area contributed by atoms with Crippen molar-refractivity contribution in [3.63, 3.8) is 0 Å². The summed E-state index contributed by atoms with van der Waals surface area (Å²) in [5, 5.41) is 0.114. The van der Waals surface area contributed by atoms with Crippen molar-refractivity contribution in [1.82, 2.24) is 4.90 Å². The highest BCUT2D eigenvalue weighted by atomic mass is 127. The van der Waals surface area contributed by atoms with Crippen LogP contribution in [0.15, 0.2) is 52.6 Å². The van der Waals surface area contributed by atoms with Crippen molar-refractivity contribution < 1.29 is 18.8 Å². The van der Waals surface area contributed by atoms with Crippen molar-refractivity contribution in [2.45, 2.75) is 70.3 Å². The molecule has 5 nitrogen and oxygen atoms in total. The van der Waals surface area contributed by atoms with Crippen LogP contribution in [0.3, 0.4) is 0 Å². The van der Waals surface area contributed by atoms with Crippen LogP contribution in [-0.4, -0.2) is 44.0 Å². The number of carbonyl (C=O) groups is 2. The van der Waals surface area contributed by atoms with Gasteiger partial charge in [0.25, 0.3) is 5.91 Å². The molecule has 1 aliphatic rings. The number of ether oxygens (including phenoxy) is 1. The largest absolute Gasteiger partial charge is 0.447 e. The number of benzene rings is 1. The Hall–Kier alpha value is -1.45. The van der Waals surface area contributed by atoms with E-state index < -0.39 is 14.4 Å². The smallest absolute Gasteiger partial charge is 0.417 e. The second-order valence-electron chi connectivity index (χ2n) is 9.36. The van der Waals surface area contributed by atoms with Gasteiger partial charge < -0.3 is 9.16 Å². The molecule has 1 aromatic carbocycles. The number of amides is 2. The molecule has 170 valence electrons. The zero-order valence-corrected chi connectivity index (χ0v) is 22.3. The minimum Gasteiger partial charge on any atom is -0.447 e. The van der Waals surface area contributed by atoms with E-state index in [1.165, 1.54) is 11.0 Å². The topological polar surface area (TPSA) is 55.8 Å². The van der Waals surface area contributed by atoms with Crippen molar-refractivity contribution in [2.75, 3.05) is 6.61 Å². The van der Waals surface area contributed by atoms with Gasteiger partial charge in [-0.25, -0.2) is 9.69 Å². The second-order valence-corrected chi connectivity index (χ2v) is 14.8. The van der Waals surface area contributed by atoms with Crippen molar-refractivity contribution in [2.24, 2.45) is 0 Å². The lowest BCUT2D eigenvalue weighted by Crippen LogP contribution is -2.43. The van der Waals surface area contributed by atoms with Crippen LogP contribution < -0.4 is 0 Å².